The first-order valence-electron chi connectivity index (χ1n) is 14.1. The van der Waals surface area contributed by atoms with Crippen LogP contribution in [0.3, 0.4) is 0 Å². The molecule has 4 rings (SSSR count). The van der Waals surface area contributed by atoms with E-state index in [-0.39, 0.29) is 41.0 Å². The normalized spacial score (nSPS) is 17.7. The van der Waals surface area contributed by atoms with Gasteiger partial charge >= 0.3 is 32.4 Å². The van der Waals surface area contributed by atoms with Crippen molar-refractivity contribution in [2.24, 2.45) is 0 Å². The lowest BCUT2D eigenvalue weighted by molar-refractivity contribution is -0.0430. The number of nitrogens with one attached hydrogen (secondary N) is 1. The van der Waals surface area contributed by atoms with Gasteiger partial charge in [0.2, 0.25) is 12.2 Å². The summed E-state index contributed by atoms with van der Waals surface area (Å²) in [5.41, 5.74) is -0.959. The van der Waals surface area contributed by atoms with E-state index in [1.165, 1.54) is 32.3 Å². The van der Waals surface area contributed by atoms with Gasteiger partial charge in [0.15, 0.2) is 11.6 Å². The summed E-state index contributed by atoms with van der Waals surface area (Å²) in [5.74, 6) is -1.90. The van der Waals surface area contributed by atoms with Gasteiger partial charge in [0.1, 0.15) is 11.3 Å². The summed E-state index contributed by atoms with van der Waals surface area (Å²) in [6.07, 6.45) is -0.292. The van der Waals surface area contributed by atoms with Crippen molar-refractivity contribution in [3.63, 3.8) is 0 Å². The highest BCUT2D eigenvalue weighted by atomic mass is 31.2. The average molecular weight is 695 g/mol. The van der Waals surface area contributed by atoms with Gasteiger partial charge in [0.05, 0.1) is 18.0 Å². The Hall–Kier alpha value is -3.08. The SMILES string of the molecule is COc1c(N2CCNC(C)C2)c(F)cc2c(=O)c(C(=O)OCOC(=O)OC(CCN(C)C)(P(=O)(O)O)P(=O)(O)O)cn(C3CC3)c12. The minimum absolute atomic E-state index is 0.0684. The molecule has 46 heavy (non-hydrogen) atoms. The predicted molar refractivity (Wildman–Crippen MR) is 161 cm³/mol. The number of fused-ring (bicyclic) bond motifs is 1. The summed E-state index contributed by atoms with van der Waals surface area (Å²) in [6.45, 7) is 1.96. The van der Waals surface area contributed by atoms with Crippen LogP contribution in [-0.2, 0) is 23.3 Å². The fraction of sp³-hybridized carbons (Fsp3) is 0.577. The van der Waals surface area contributed by atoms with Crippen LogP contribution in [0, 0.1) is 5.82 Å². The van der Waals surface area contributed by atoms with E-state index in [2.05, 4.69) is 14.8 Å². The van der Waals surface area contributed by atoms with Gasteiger partial charge in [-0.25, -0.2) is 14.0 Å². The fourth-order valence-electron chi connectivity index (χ4n) is 5.22. The molecular formula is C26H37FN4O13P2. The van der Waals surface area contributed by atoms with Crippen molar-refractivity contribution in [2.75, 3.05) is 59.1 Å². The highest BCUT2D eigenvalue weighted by molar-refractivity contribution is 7.72. The summed E-state index contributed by atoms with van der Waals surface area (Å²) in [5, 5.41) is -0.453. The van der Waals surface area contributed by atoms with Gasteiger partial charge in [0, 0.05) is 50.9 Å². The van der Waals surface area contributed by atoms with E-state index in [4.69, 9.17) is 9.47 Å². The quantitative estimate of drug-likeness (QED) is 0.121. The molecule has 2 heterocycles. The molecule has 1 saturated heterocycles. The first-order chi connectivity index (χ1) is 21.4. The Balaban J connectivity index is 1.60. The molecule has 1 atom stereocenters. The Labute approximate surface area is 262 Å². The summed E-state index contributed by atoms with van der Waals surface area (Å²) in [4.78, 5) is 81.0. The summed E-state index contributed by atoms with van der Waals surface area (Å²) >= 11 is 0. The number of piperazine rings is 1. The Kier molecular flexibility index (Phi) is 10.6. The Morgan fingerprint density at radius 3 is 2.35 bits per heavy atom. The molecule has 1 aromatic carbocycles. The van der Waals surface area contributed by atoms with E-state index in [0.717, 1.165) is 6.07 Å². The monoisotopic (exact) mass is 694 g/mol. The third kappa shape index (κ3) is 7.24. The number of benzene rings is 1. The highest BCUT2D eigenvalue weighted by Crippen LogP contribution is 2.71. The first-order valence-corrected chi connectivity index (χ1v) is 17.4. The average Bonchev–Trinajstić information content (AvgIpc) is 3.79. The maximum absolute atomic E-state index is 15.6. The van der Waals surface area contributed by atoms with Crippen LogP contribution in [0.5, 0.6) is 5.75 Å². The Morgan fingerprint density at radius 1 is 1.15 bits per heavy atom. The molecule has 256 valence electrons. The summed E-state index contributed by atoms with van der Waals surface area (Å²) in [6, 6.07) is 0.966. The molecule has 0 radical (unpaired) electrons. The zero-order chi connectivity index (χ0) is 34.2. The highest BCUT2D eigenvalue weighted by Gasteiger charge is 2.64. The number of anilines is 1. The van der Waals surface area contributed by atoms with Crippen LogP contribution in [0.25, 0.3) is 10.9 Å². The Bertz CT molecular complexity index is 1630. The van der Waals surface area contributed by atoms with Crippen molar-refractivity contribution in [3.8, 4) is 5.75 Å². The van der Waals surface area contributed by atoms with E-state index in [1.54, 1.807) is 4.57 Å². The van der Waals surface area contributed by atoms with E-state index in [1.807, 2.05) is 11.8 Å². The van der Waals surface area contributed by atoms with Gasteiger partial charge in [0.25, 0.3) is 0 Å². The molecule has 20 heteroatoms. The van der Waals surface area contributed by atoms with Crippen molar-refractivity contribution in [1.82, 2.24) is 14.8 Å². The lowest BCUT2D eigenvalue weighted by Gasteiger charge is -2.35. The fourth-order valence-corrected chi connectivity index (χ4v) is 7.75. The number of aromatic nitrogens is 1. The van der Waals surface area contributed by atoms with Gasteiger partial charge in [-0.15, -0.1) is 0 Å². The van der Waals surface area contributed by atoms with Crippen LogP contribution in [0.2, 0.25) is 0 Å². The lowest BCUT2D eigenvalue weighted by Crippen LogP contribution is -2.49. The number of esters is 1. The van der Waals surface area contributed by atoms with Gasteiger partial charge < -0.3 is 58.2 Å². The Morgan fingerprint density at radius 2 is 1.80 bits per heavy atom. The number of hydrogen-bond donors (Lipinski definition) is 5. The number of carbonyl (C=O) groups is 2. The first kappa shape index (κ1) is 35.8. The van der Waals surface area contributed by atoms with Crippen molar-refractivity contribution < 1.29 is 61.6 Å². The maximum Gasteiger partial charge on any atom is 0.513 e. The van der Waals surface area contributed by atoms with Gasteiger partial charge in [-0.2, -0.15) is 0 Å². The third-order valence-electron chi connectivity index (χ3n) is 7.66. The van der Waals surface area contributed by atoms with Crippen molar-refractivity contribution in [3.05, 3.63) is 33.9 Å². The molecule has 1 unspecified atom stereocenters. The second-order valence-electron chi connectivity index (χ2n) is 11.4. The standard InChI is InChI=1S/C26H37FN4O13P2/c1-15-12-30(10-8-28-15)21-19(27)11-17-20(23(21)41-4)31(16-5-6-16)13-18(22(17)32)24(33)42-14-43-25(34)44-26(45(35,36)37,46(38,39)40)7-9-29(2)3/h11,13,15-16,28H,5-10,12,14H2,1-4H3,(H2,35,36,37)(H2,38,39,40). The zero-order valence-electron chi connectivity index (χ0n) is 25.5. The molecular weight excluding hydrogens is 657 g/mol. The number of ether oxygens (including phenoxy) is 4. The number of halogens is 1. The predicted octanol–water partition coefficient (Wildman–Crippen LogP) is 1.51. The summed E-state index contributed by atoms with van der Waals surface area (Å²) in [7, 11) is -7.38. The van der Waals surface area contributed by atoms with Crippen molar-refractivity contribution in [2.45, 2.75) is 43.4 Å². The molecule has 1 aliphatic carbocycles. The molecule has 17 nitrogen and oxygen atoms in total. The minimum atomic E-state index is -5.82. The van der Waals surface area contributed by atoms with Gasteiger partial charge in [-0.3, -0.25) is 13.9 Å². The molecule has 2 aliphatic rings. The van der Waals surface area contributed by atoms with Crippen LogP contribution in [0.15, 0.2) is 17.1 Å². The molecule has 0 spiro atoms. The van der Waals surface area contributed by atoms with Crippen LogP contribution in [0.1, 0.15) is 42.6 Å². The van der Waals surface area contributed by atoms with E-state index in [0.29, 0.717) is 32.5 Å². The smallest absolute Gasteiger partial charge is 0.492 e. The van der Waals surface area contributed by atoms with E-state index >= 15 is 4.39 Å². The molecule has 2 aromatic rings. The van der Waals surface area contributed by atoms with E-state index < -0.39 is 62.4 Å². The maximum atomic E-state index is 15.6. The molecule has 2 fully saturated rings. The number of pyridine rings is 1. The molecule has 0 bridgehead atoms. The molecule has 5 N–H and O–H groups in total. The molecule has 1 aromatic heterocycles. The topological polar surface area (TPSA) is 227 Å². The van der Waals surface area contributed by atoms with Crippen molar-refractivity contribution >= 4 is 43.9 Å². The van der Waals surface area contributed by atoms with Crippen LogP contribution in [0.4, 0.5) is 14.9 Å². The zero-order valence-corrected chi connectivity index (χ0v) is 27.3. The number of methoxy groups -OCH3 is 1. The second kappa shape index (κ2) is 13.6. The van der Waals surface area contributed by atoms with Crippen molar-refractivity contribution in [1.29, 1.82) is 0 Å². The minimum Gasteiger partial charge on any atom is -0.492 e. The van der Waals surface area contributed by atoms with Crippen LogP contribution >= 0.6 is 15.2 Å². The largest absolute Gasteiger partial charge is 0.513 e. The van der Waals surface area contributed by atoms with Gasteiger partial charge in [-0.1, -0.05) is 0 Å². The van der Waals surface area contributed by atoms with Crippen LogP contribution in [-0.4, -0.2) is 106 Å². The lowest BCUT2D eigenvalue weighted by atomic mass is 10.1. The number of nitrogens with zero attached hydrogens (tertiary/aromatic N) is 3. The number of rotatable bonds is 12. The van der Waals surface area contributed by atoms with E-state index in [9.17, 15) is 43.1 Å². The molecule has 0 amide bonds. The molecule has 1 saturated carbocycles. The number of carbonyl (C=O) groups excluding carboxylic acids is 2. The second-order valence-corrected chi connectivity index (χ2v) is 15.4. The van der Waals surface area contributed by atoms with Crippen LogP contribution < -0.4 is 20.4 Å². The summed E-state index contributed by atoms with van der Waals surface area (Å²) < 4.78 is 61.1. The third-order valence-corrected chi connectivity index (χ3v) is 11.7. The van der Waals surface area contributed by atoms with Gasteiger partial charge in [-0.05, 0) is 39.9 Å². The molecule has 1 aliphatic heterocycles. The number of hydrogen-bond acceptors (Lipinski definition) is 12.